The number of aliphatic hydroxyl groups is 1. The summed E-state index contributed by atoms with van der Waals surface area (Å²) in [5.74, 6) is 1.63. The summed E-state index contributed by atoms with van der Waals surface area (Å²) in [4.78, 5) is 0. The van der Waals surface area contributed by atoms with Gasteiger partial charge in [0.1, 0.15) is 23.0 Å². The zero-order valence-electron chi connectivity index (χ0n) is 26.1. The summed E-state index contributed by atoms with van der Waals surface area (Å²) in [5, 5.41) is 55.4. The van der Waals surface area contributed by atoms with Crippen molar-refractivity contribution in [3.05, 3.63) is 46.5 Å². The highest BCUT2D eigenvalue weighted by Crippen LogP contribution is 2.44. The maximum atomic E-state index is 11.1. The van der Waals surface area contributed by atoms with Crippen LogP contribution in [-0.2, 0) is 6.42 Å². The molecule has 0 saturated heterocycles. The first-order valence-corrected chi connectivity index (χ1v) is 17.0. The summed E-state index contributed by atoms with van der Waals surface area (Å²) in [6, 6.07) is 7.01. The van der Waals surface area contributed by atoms with Crippen molar-refractivity contribution in [2.45, 2.75) is 135 Å². The minimum absolute atomic E-state index is 0.0415. The Kier molecular flexibility index (Phi) is 14.1. The number of phenolic OH excluding ortho intramolecular Hbond substituents is 4. The number of rotatable bonds is 7. The molecule has 236 valence electrons. The van der Waals surface area contributed by atoms with Gasteiger partial charge in [-0.25, -0.2) is 0 Å². The number of alkyl halides is 1. The van der Waals surface area contributed by atoms with E-state index < -0.39 is 6.10 Å². The van der Waals surface area contributed by atoms with Gasteiger partial charge in [-0.1, -0.05) is 72.1 Å². The van der Waals surface area contributed by atoms with Gasteiger partial charge in [-0.05, 0) is 104 Å². The van der Waals surface area contributed by atoms with E-state index in [1.807, 2.05) is 19.1 Å². The van der Waals surface area contributed by atoms with E-state index in [-0.39, 0.29) is 40.8 Å². The minimum atomic E-state index is -0.788. The third-order valence-electron chi connectivity index (χ3n) is 9.44. The first kappa shape index (κ1) is 34.4. The lowest BCUT2D eigenvalue weighted by molar-refractivity contribution is 0.110. The van der Waals surface area contributed by atoms with E-state index in [4.69, 9.17) is 11.6 Å². The van der Waals surface area contributed by atoms with E-state index in [0.29, 0.717) is 28.5 Å². The molecule has 0 saturated carbocycles. The molecule has 0 radical (unpaired) electrons. The second-order valence-electron chi connectivity index (χ2n) is 13.0. The standard InChI is InChI=1S/C36H55ClO5/c1-4-5-14-27-15-8-6-12-24(2)19-26-20-30(38)34(31(39)21-26)28(17-10-11-18-37)16-9-7-13-25(3)36(42)29-22-32(40)35(27)33(41)23-29/h20-25,27-28,36,38-42H,4-19H2,1-3H3/t24-,25-,27-,28+,36+/m0/s1. The van der Waals surface area contributed by atoms with E-state index in [1.54, 1.807) is 12.1 Å². The highest BCUT2D eigenvalue weighted by molar-refractivity contribution is 6.17. The summed E-state index contributed by atoms with van der Waals surface area (Å²) in [6.07, 6.45) is 13.0. The van der Waals surface area contributed by atoms with Gasteiger partial charge in [0.05, 0.1) is 6.10 Å². The van der Waals surface area contributed by atoms with Gasteiger partial charge in [0.25, 0.3) is 0 Å². The molecule has 0 heterocycles. The van der Waals surface area contributed by atoms with Gasteiger partial charge in [0.2, 0.25) is 0 Å². The number of unbranched alkanes of at least 4 members (excludes halogenated alkanes) is 2. The van der Waals surface area contributed by atoms with Gasteiger partial charge in [0, 0.05) is 17.0 Å². The molecule has 0 aromatic heterocycles. The normalized spacial score (nSPS) is 24.7. The number of hydrogen-bond acceptors (Lipinski definition) is 5. The Morgan fingerprint density at radius 1 is 0.690 bits per heavy atom. The first-order chi connectivity index (χ1) is 20.2. The van der Waals surface area contributed by atoms with E-state index in [9.17, 15) is 25.5 Å². The molecule has 0 spiro atoms. The van der Waals surface area contributed by atoms with E-state index >= 15 is 0 Å². The predicted octanol–water partition coefficient (Wildman–Crippen LogP) is 9.96. The Bertz CT molecular complexity index is 1060. The molecule has 6 rings (SSSR count). The maximum Gasteiger partial charge on any atom is 0.123 e. The van der Waals surface area contributed by atoms with Crippen LogP contribution in [0.5, 0.6) is 23.0 Å². The van der Waals surface area contributed by atoms with Gasteiger partial charge in [-0.3, -0.25) is 0 Å². The van der Waals surface area contributed by atoms with Crippen molar-refractivity contribution < 1.29 is 25.5 Å². The van der Waals surface area contributed by atoms with Crippen molar-refractivity contribution in [2.24, 2.45) is 11.8 Å². The first-order valence-electron chi connectivity index (χ1n) is 16.5. The zero-order chi connectivity index (χ0) is 30.6. The molecule has 0 aliphatic heterocycles. The van der Waals surface area contributed by atoms with Gasteiger partial charge in [0.15, 0.2) is 0 Å². The summed E-state index contributed by atoms with van der Waals surface area (Å²) in [6.45, 7) is 6.37. The molecule has 42 heavy (non-hydrogen) atoms. The SMILES string of the molecule is CCCC[C@H]1CCCC[C@H](C)Cc2cc(O)c(c(O)c2)[C@@H](CCCCCl)CCCC[C@H](C)[C@@H](O)c2cc(O)c1c(O)c2. The predicted molar refractivity (Wildman–Crippen MR) is 173 cm³/mol. The molecule has 6 heteroatoms. The fourth-order valence-electron chi connectivity index (χ4n) is 6.98. The Labute approximate surface area is 259 Å². The van der Waals surface area contributed by atoms with Gasteiger partial charge in [-0.2, -0.15) is 0 Å². The van der Waals surface area contributed by atoms with Crippen molar-refractivity contribution in [3.63, 3.8) is 0 Å². The average Bonchev–Trinajstić information content (AvgIpc) is 2.93. The second-order valence-corrected chi connectivity index (χ2v) is 13.4. The largest absolute Gasteiger partial charge is 0.508 e. The zero-order valence-corrected chi connectivity index (χ0v) is 26.9. The highest BCUT2D eigenvalue weighted by atomic mass is 35.5. The number of halogens is 1. The fourth-order valence-corrected chi connectivity index (χ4v) is 7.17. The third kappa shape index (κ3) is 9.71. The number of hydrogen-bond donors (Lipinski definition) is 5. The number of aromatic hydroxyl groups is 4. The minimum Gasteiger partial charge on any atom is -0.508 e. The fraction of sp³-hybridized carbons (Fsp3) is 0.667. The lowest BCUT2D eigenvalue weighted by Gasteiger charge is -2.24. The molecule has 0 fully saturated rings. The topological polar surface area (TPSA) is 101 Å². The number of aliphatic hydroxyl groups excluding tert-OH is 1. The van der Waals surface area contributed by atoms with Crippen molar-refractivity contribution in [1.82, 2.24) is 0 Å². The molecule has 0 unspecified atom stereocenters. The average molecular weight is 603 g/mol. The molecular formula is C36H55ClO5. The third-order valence-corrected chi connectivity index (χ3v) is 9.71. The van der Waals surface area contributed by atoms with Crippen LogP contribution in [-0.4, -0.2) is 31.4 Å². The molecule has 5 N–H and O–H groups in total. The van der Waals surface area contributed by atoms with Crippen LogP contribution in [0, 0.1) is 11.8 Å². The maximum absolute atomic E-state index is 11.1. The van der Waals surface area contributed by atoms with Crippen molar-refractivity contribution >= 4 is 11.6 Å². The Balaban J connectivity index is 1.88. The van der Waals surface area contributed by atoms with Crippen LogP contribution in [0.25, 0.3) is 0 Å². The molecule has 4 aliphatic carbocycles. The molecule has 0 amide bonds. The second kappa shape index (κ2) is 17.3. The van der Waals surface area contributed by atoms with E-state index in [1.165, 1.54) is 0 Å². The van der Waals surface area contributed by atoms with Gasteiger partial charge < -0.3 is 25.5 Å². The summed E-state index contributed by atoms with van der Waals surface area (Å²) in [5.41, 5.74) is 2.79. The quantitative estimate of drug-likeness (QED) is 0.160. The molecule has 2 aromatic carbocycles. The number of phenols is 4. The van der Waals surface area contributed by atoms with Crippen LogP contribution in [0.4, 0.5) is 0 Å². The molecule has 4 bridgehead atoms. The Morgan fingerprint density at radius 3 is 1.74 bits per heavy atom. The van der Waals surface area contributed by atoms with Crippen molar-refractivity contribution in [1.29, 1.82) is 0 Å². The van der Waals surface area contributed by atoms with Crippen LogP contribution in [0.1, 0.15) is 151 Å². The molecule has 5 atom stereocenters. The lowest BCUT2D eigenvalue weighted by Crippen LogP contribution is -2.11. The van der Waals surface area contributed by atoms with E-state index in [2.05, 4.69) is 13.8 Å². The number of benzene rings is 2. The van der Waals surface area contributed by atoms with Crippen LogP contribution in [0.2, 0.25) is 0 Å². The van der Waals surface area contributed by atoms with Crippen molar-refractivity contribution in [3.8, 4) is 23.0 Å². The summed E-state index contributed by atoms with van der Waals surface area (Å²) < 4.78 is 0. The van der Waals surface area contributed by atoms with Crippen LogP contribution in [0.3, 0.4) is 0 Å². The van der Waals surface area contributed by atoms with Gasteiger partial charge >= 0.3 is 0 Å². The summed E-state index contributed by atoms with van der Waals surface area (Å²) in [7, 11) is 0. The van der Waals surface area contributed by atoms with Crippen molar-refractivity contribution in [2.75, 3.05) is 5.88 Å². The van der Waals surface area contributed by atoms with Gasteiger partial charge in [-0.15, -0.1) is 11.6 Å². The molecular weight excluding hydrogens is 548 g/mol. The Morgan fingerprint density at radius 2 is 1.19 bits per heavy atom. The monoisotopic (exact) mass is 602 g/mol. The van der Waals surface area contributed by atoms with Crippen LogP contribution >= 0.6 is 11.6 Å². The van der Waals surface area contributed by atoms with Crippen LogP contribution in [0.15, 0.2) is 24.3 Å². The molecule has 5 nitrogen and oxygen atoms in total. The molecule has 4 aliphatic rings. The Hall–Kier alpha value is -2.11. The lowest BCUT2D eigenvalue weighted by atomic mass is 9.83. The smallest absolute Gasteiger partial charge is 0.123 e. The highest BCUT2D eigenvalue weighted by Gasteiger charge is 2.25. The summed E-state index contributed by atoms with van der Waals surface area (Å²) >= 11 is 5.95. The van der Waals surface area contributed by atoms with Crippen LogP contribution < -0.4 is 0 Å². The van der Waals surface area contributed by atoms with E-state index in [0.717, 1.165) is 102 Å². The molecule has 2 aromatic rings.